The van der Waals surface area contributed by atoms with E-state index in [0.717, 1.165) is 11.0 Å². The molecule has 3 rings (SSSR count). The Morgan fingerprint density at radius 1 is 0.963 bits per heavy atom. The van der Waals surface area contributed by atoms with Crippen molar-refractivity contribution in [2.24, 2.45) is 0 Å². The molecule has 0 saturated carbocycles. The zero-order valence-electron chi connectivity index (χ0n) is 14.9. The lowest BCUT2D eigenvalue weighted by Gasteiger charge is -2.23. The quantitative estimate of drug-likeness (QED) is 0.443. The Morgan fingerprint density at radius 3 is 2.19 bits per heavy atom. The maximum atomic E-state index is 12.7. The molecule has 0 unspecified atom stereocenters. The summed E-state index contributed by atoms with van der Waals surface area (Å²) < 4.78 is 30.5. The van der Waals surface area contributed by atoms with Gasteiger partial charge in [0.15, 0.2) is 5.78 Å². The molecule has 0 radical (unpaired) electrons. The van der Waals surface area contributed by atoms with Crippen molar-refractivity contribution < 1.29 is 27.0 Å². The summed E-state index contributed by atoms with van der Waals surface area (Å²) in [5.74, 6) is -1.59. The van der Waals surface area contributed by atoms with Gasteiger partial charge in [0.2, 0.25) is 0 Å². The van der Waals surface area contributed by atoms with E-state index >= 15 is 0 Å². The number of benzene rings is 2. The van der Waals surface area contributed by atoms with Gasteiger partial charge in [-0.25, -0.2) is 0 Å². The first-order valence-electron chi connectivity index (χ1n) is 8.06. The van der Waals surface area contributed by atoms with Gasteiger partial charge >= 0.3 is 0 Å². The predicted molar refractivity (Wildman–Crippen MR) is 96.0 cm³/mol. The molecule has 0 saturated heterocycles. The highest BCUT2D eigenvalue weighted by Gasteiger charge is 2.38. The zero-order valence-corrected chi connectivity index (χ0v) is 15.7. The van der Waals surface area contributed by atoms with Crippen molar-refractivity contribution in [3.8, 4) is 0 Å². The molecule has 140 valence electrons. The molecule has 7 nitrogen and oxygen atoms in total. The fourth-order valence-corrected chi connectivity index (χ4v) is 4.01. The fraction of sp³-hybridized carbons (Fsp3) is 0.211. The number of carbonyl (C=O) groups excluding carboxylic acids is 3. The molecule has 2 aromatic carbocycles. The number of Topliss-reactive ketones (excluding diaryl/α,β-unsaturated/α-hetero) is 1. The number of rotatable bonds is 5. The van der Waals surface area contributed by atoms with E-state index in [4.69, 9.17) is 4.18 Å². The molecule has 0 aliphatic carbocycles. The van der Waals surface area contributed by atoms with Crippen molar-refractivity contribution in [1.82, 2.24) is 4.90 Å². The van der Waals surface area contributed by atoms with E-state index in [1.54, 1.807) is 30.3 Å². The van der Waals surface area contributed by atoms with Crippen molar-refractivity contribution in [3.63, 3.8) is 0 Å². The Labute approximate surface area is 156 Å². The normalized spacial score (nSPS) is 14.4. The number of imide groups is 1. The largest absolute Gasteiger partial charge is 0.297 e. The number of hydrogen-bond donors (Lipinski definition) is 0. The standard InChI is InChI=1S/C19H17NO6S/c1-19(2,16(21)12-7-5-4-6-8-12)26-27(24,25)13-9-10-14-15(11-13)18(23)20(3)17(14)22/h4-11H,1-3H3. The molecule has 0 bridgehead atoms. The Balaban J connectivity index is 1.93. The fourth-order valence-electron chi connectivity index (χ4n) is 2.79. The topological polar surface area (TPSA) is 97.8 Å². The van der Waals surface area contributed by atoms with Gasteiger partial charge in [0.25, 0.3) is 21.9 Å². The van der Waals surface area contributed by atoms with Gasteiger partial charge < -0.3 is 0 Å². The first kappa shape index (κ1) is 18.9. The number of hydrogen-bond acceptors (Lipinski definition) is 6. The van der Waals surface area contributed by atoms with Gasteiger partial charge in [0.05, 0.1) is 16.0 Å². The highest BCUT2D eigenvalue weighted by atomic mass is 32.2. The molecule has 1 aliphatic rings. The van der Waals surface area contributed by atoms with E-state index in [-0.39, 0.29) is 16.0 Å². The van der Waals surface area contributed by atoms with Gasteiger partial charge in [-0.2, -0.15) is 8.42 Å². The van der Waals surface area contributed by atoms with E-state index in [1.165, 1.54) is 33.0 Å². The molecule has 0 aromatic heterocycles. The average Bonchev–Trinajstić information content (AvgIpc) is 2.85. The van der Waals surface area contributed by atoms with Crippen LogP contribution in [0.25, 0.3) is 0 Å². The zero-order chi connectivity index (χ0) is 20.0. The second-order valence-corrected chi connectivity index (χ2v) is 8.17. The van der Waals surface area contributed by atoms with Crippen molar-refractivity contribution >= 4 is 27.7 Å². The van der Waals surface area contributed by atoms with Crippen LogP contribution in [-0.2, 0) is 14.3 Å². The smallest absolute Gasteiger partial charge is 0.291 e. The van der Waals surface area contributed by atoms with Crippen LogP contribution in [0.2, 0.25) is 0 Å². The monoisotopic (exact) mass is 387 g/mol. The minimum atomic E-state index is -4.35. The van der Waals surface area contributed by atoms with E-state index in [0.29, 0.717) is 5.56 Å². The summed E-state index contributed by atoms with van der Waals surface area (Å²) in [6.45, 7) is 2.71. The lowest BCUT2D eigenvalue weighted by molar-refractivity contribution is 0.0604. The van der Waals surface area contributed by atoms with Gasteiger partial charge in [0.1, 0.15) is 5.60 Å². The van der Waals surface area contributed by atoms with Crippen LogP contribution in [0, 0.1) is 0 Å². The molecular weight excluding hydrogens is 370 g/mol. The van der Waals surface area contributed by atoms with Crippen LogP contribution < -0.4 is 0 Å². The number of ketones is 1. The van der Waals surface area contributed by atoms with E-state index in [2.05, 4.69) is 0 Å². The SMILES string of the molecule is CN1C(=O)c2ccc(S(=O)(=O)OC(C)(C)C(=O)c3ccccc3)cc2C1=O. The lowest BCUT2D eigenvalue weighted by atomic mass is 9.97. The second-order valence-electron chi connectivity index (χ2n) is 6.62. The average molecular weight is 387 g/mol. The van der Waals surface area contributed by atoms with Crippen LogP contribution >= 0.6 is 0 Å². The molecule has 1 heterocycles. The van der Waals surface area contributed by atoms with Gasteiger partial charge in [-0.15, -0.1) is 0 Å². The van der Waals surface area contributed by atoms with E-state index in [1.807, 2.05) is 0 Å². The summed E-state index contributed by atoms with van der Waals surface area (Å²) in [6, 6.07) is 11.7. The molecule has 8 heteroatoms. The van der Waals surface area contributed by atoms with Crippen LogP contribution in [0.1, 0.15) is 44.9 Å². The minimum Gasteiger partial charge on any atom is -0.291 e. The maximum Gasteiger partial charge on any atom is 0.297 e. The summed E-state index contributed by atoms with van der Waals surface area (Å²) in [4.78, 5) is 37.2. The first-order chi connectivity index (χ1) is 12.5. The Morgan fingerprint density at radius 2 is 1.56 bits per heavy atom. The third-order valence-corrected chi connectivity index (χ3v) is 5.72. The third kappa shape index (κ3) is 3.29. The Bertz CT molecular complexity index is 1060. The number of carbonyl (C=O) groups is 3. The van der Waals surface area contributed by atoms with Gasteiger partial charge in [-0.05, 0) is 32.0 Å². The molecule has 0 spiro atoms. The van der Waals surface area contributed by atoms with Crippen molar-refractivity contribution in [2.75, 3.05) is 7.05 Å². The number of amides is 2. The van der Waals surface area contributed by atoms with Crippen LogP contribution in [0.5, 0.6) is 0 Å². The van der Waals surface area contributed by atoms with Crippen molar-refractivity contribution in [2.45, 2.75) is 24.3 Å². The Hall–Kier alpha value is -2.84. The summed E-state index contributed by atoms with van der Waals surface area (Å²) >= 11 is 0. The molecule has 0 N–H and O–H groups in total. The second kappa shape index (κ2) is 6.40. The molecule has 2 aromatic rings. The molecule has 2 amide bonds. The third-order valence-electron chi connectivity index (χ3n) is 4.25. The molecule has 27 heavy (non-hydrogen) atoms. The van der Waals surface area contributed by atoms with E-state index < -0.39 is 33.3 Å². The summed E-state index contributed by atoms with van der Waals surface area (Å²) in [5, 5.41) is 0. The van der Waals surface area contributed by atoms with Gasteiger partial charge in [-0.3, -0.25) is 23.5 Å². The van der Waals surface area contributed by atoms with E-state index in [9.17, 15) is 22.8 Å². The summed E-state index contributed by atoms with van der Waals surface area (Å²) in [6.07, 6.45) is 0. The van der Waals surface area contributed by atoms with Gasteiger partial charge in [0, 0.05) is 12.6 Å². The number of fused-ring (bicyclic) bond motifs is 1. The molecule has 0 atom stereocenters. The maximum absolute atomic E-state index is 12.7. The van der Waals surface area contributed by atoms with Crippen LogP contribution in [0.4, 0.5) is 0 Å². The van der Waals surface area contributed by atoms with Crippen LogP contribution in [-0.4, -0.2) is 43.6 Å². The van der Waals surface area contributed by atoms with Gasteiger partial charge in [-0.1, -0.05) is 30.3 Å². The predicted octanol–water partition coefficient (Wildman–Crippen LogP) is 2.28. The lowest BCUT2D eigenvalue weighted by Crippen LogP contribution is -2.37. The minimum absolute atomic E-state index is 0.0145. The highest BCUT2D eigenvalue weighted by molar-refractivity contribution is 7.86. The Kier molecular flexibility index (Phi) is 4.49. The summed E-state index contributed by atoms with van der Waals surface area (Å²) in [5.41, 5.74) is -1.23. The molecule has 1 aliphatic heterocycles. The molecule has 0 fully saturated rings. The van der Waals surface area contributed by atoms with Crippen LogP contribution in [0.15, 0.2) is 53.4 Å². The van der Waals surface area contributed by atoms with Crippen molar-refractivity contribution in [3.05, 3.63) is 65.2 Å². The molecular formula is C19H17NO6S. The van der Waals surface area contributed by atoms with Crippen molar-refractivity contribution in [1.29, 1.82) is 0 Å². The van der Waals surface area contributed by atoms with Crippen LogP contribution in [0.3, 0.4) is 0 Å². The number of nitrogens with zero attached hydrogens (tertiary/aromatic N) is 1. The highest BCUT2D eigenvalue weighted by Crippen LogP contribution is 2.28. The summed E-state index contributed by atoms with van der Waals surface area (Å²) in [7, 11) is -3.04. The first-order valence-corrected chi connectivity index (χ1v) is 9.47.